The lowest BCUT2D eigenvalue weighted by molar-refractivity contribution is -0.0512. The summed E-state index contributed by atoms with van der Waals surface area (Å²) in [4.78, 5) is 15.9. The number of carbonyl (C=O) groups is 1. The lowest BCUT2D eigenvalue weighted by Crippen LogP contribution is -2.03. The van der Waals surface area contributed by atoms with Crippen LogP contribution in [-0.2, 0) is 0 Å². The molecule has 2 aromatic carbocycles. The SMILES string of the molecule is COc1ccc(C=Cc2cc(C(=O)O)c3ccccc3n2)cc1OC(F)F. The van der Waals surface area contributed by atoms with Crippen LogP contribution in [0.25, 0.3) is 23.1 Å². The van der Waals surface area contributed by atoms with Gasteiger partial charge in [0.25, 0.3) is 0 Å². The number of aromatic nitrogens is 1. The number of pyridine rings is 1. The average molecular weight is 371 g/mol. The van der Waals surface area contributed by atoms with E-state index in [1.165, 1.54) is 25.3 Å². The number of hydrogen-bond acceptors (Lipinski definition) is 4. The van der Waals surface area contributed by atoms with Crippen molar-refractivity contribution in [3.05, 3.63) is 65.4 Å². The number of hydrogen-bond donors (Lipinski definition) is 1. The van der Waals surface area contributed by atoms with Crippen molar-refractivity contribution in [2.75, 3.05) is 7.11 Å². The van der Waals surface area contributed by atoms with E-state index in [4.69, 9.17) is 4.74 Å². The Bertz CT molecular complexity index is 1020. The number of carboxylic acids is 1. The third-order valence-corrected chi connectivity index (χ3v) is 3.82. The van der Waals surface area contributed by atoms with E-state index in [1.807, 2.05) is 0 Å². The molecule has 0 fully saturated rings. The predicted octanol–water partition coefficient (Wildman–Crippen LogP) is 4.71. The minimum Gasteiger partial charge on any atom is -0.493 e. The van der Waals surface area contributed by atoms with Crippen LogP contribution in [0.1, 0.15) is 21.6 Å². The Balaban J connectivity index is 1.97. The normalized spacial score (nSPS) is 11.3. The van der Waals surface area contributed by atoms with Crippen LogP contribution in [0.15, 0.2) is 48.5 Å². The van der Waals surface area contributed by atoms with Gasteiger partial charge >= 0.3 is 12.6 Å². The number of aromatic carboxylic acids is 1. The maximum Gasteiger partial charge on any atom is 0.387 e. The number of methoxy groups -OCH3 is 1. The van der Waals surface area contributed by atoms with Gasteiger partial charge in [0, 0.05) is 5.39 Å². The van der Waals surface area contributed by atoms with Crippen LogP contribution in [0.2, 0.25) is 0 Å². The molecule has 0 saturated carbocycles. The minimum atomic E-state index is -2.97. The van der Waals surface area contributed by atoms with E-state index in [-0.39, 0.29) is 17.1 Å². The van der Waals surface area contributed by atoms with E-state index >= 15 is 0 Å². The summed E-state index contributed by atoms with van der Waals surface area (Å²) < 4.78 is 34.5. The lowest BCUT2D eigenvalue weighted by Gasteiger charge is -2.10. The first-order chi connectivity index (χ1) is 13.0. The first-order valence-electron chi connectivity index (χ1n) is 7.92. The van der Waals surface area contributed by atoms with Crippen LogP contribution < -0.4 is 9.47 Å². The third kappa shape index (κ3) is 4.20. The van der Waals surface area contributed by atoms with Crippen molar-refractivity contribution in [1.82, 2.24) is 4.98 Å². The number of carboxylic acid groups (broad SMARTS) is 1. The number of fused-ring (bicyclic) bond motifs is 1. The molecule has 0 radical (unpaired) electrons. The number of benzene rings is 2. The van der Waals surface area contributed by atoms with Crippen LogP contribution in [0.4, 0.5) is 8.78 Å². The first kappa shape index (κ1) is 18.3. The topological polar surface area (TPSA) is 68.7 Å². The maximum absolute atomic E-state index is 12.5. The molecule has 5 nitrogen and oxygen atoms in total. The van der Waals surface area contributed by atoms with Gasteiger partial charge in [0.15, 0.2) is 11.5 Å². The molecule has 0 saturated heterocycles. The molecule has 0 aliphatic carbocycles. The van der Waals surface area contributed by atoms with Crippen LogP contribution in [0.5, 0.6) is 11.5 Å². The monoisotopic (exact) mass is 371 g/mol. The zero-order valence-electron chi connectivity index (χ0n) is 14.2. The summed E-state index contributed by atoms with van der Waals surface area (Å²) >= 11 is 0. The highest BCUT2D eigenvalue weighted by molar-refractivity contribution is 6.03. The molecule has 1 aromatic heterocycles. The molecule has 27 heavy (non-hydrogen) atoms. The zero-order chi connectivity index (χ0) is 19.4. The van der Waals surface area contributed by atoms with E-state index in [1.54, 1.807) is 42.5 Å². The molecule has 0 atom stereocenters. The van der Waals surface area contributed by atoms with Gasteiger partial charge in [-0.15, -0.1) is 0 Å². The Morgan fingerprint density at radius 2 is 1.89 bits per heavy atom. The number of para-hydroxylation sites is 1. The summed E-state index contributed by atoms with van der Waals surface area (Å²) in [6.45, 7) is -2.97. The van der Waals surface area contributed by atoms with E-state index in [2.05, 4.69) is 9.72 Å². The Morgan fingerprint density at radius 1 is 1.11 bits per heavy atom. The highest BCUT2D eigenvalue weighted by Crippen LogP contribution is 2.30. The second-order valence-electron chi connectivity index (χ2n) is 5.54. The van der Waals surface area contributed by atoms with Crippen LogP contribution in [0, 0.1) is 0 Å². The molecule has 3 rings (SSSR count). The van der Waals surface area contributed by atoms with Gasteiger partial charge in [0.1, 0.15) is 0 Å². The number of ether oxygens (including phenoxy) is 2. The molecule has 0 unspecified atom stereocenters. The Labute approximate surface area is 153 Å². The molecular weight excluding hydrogens is 356 g/mol. The molecule has 0 amide bonds. The summed E-state index contributed by atoms with van der Waals surface area (Å²) in [5.41, 5.74) is 1.68. The molecule has 0 aliphatic heterocycles. The Kier molecular flexibility index (Phi) is 5.30. The third-order valence-electron chi connectivity index (χ3n) is 3.82. The molecule has 0 bridgehead atoms. The van der Waals surface area contributed by atoms with E-state index in [0.717, 1.165) is 0 Å². The minimum absolute atomic E-state index is 0.0904. The van der Waals surface area contributed by atoms with E-state index < -0.39 is 12.6 Å². The molecule has 7 heteroatoms. The van der Waals surface area contributed by atoms with Crippen molar-refractivity contribution in [1.29, 1.82) is 0 Å². The summed E-state index contributed by atoms with van der Waals surface area (Å²) in [5, 5.41) is 9.96. The highest BCUT2D eigenvalue weighted by Gasteiger charge is 2.12. The van der Waals surface area contributed by atoms with Crippen molar-refractivity contribution in [3.8, 4) is 11.5 Å². The van der Waals surface area contributed by atoms with Crippen molar-refractivity contribution >= 4 is 29.0 Å². The number of alkyl halides is 2. The fourth-order valence-corrected chi connectivity index (χ4v) is 2.62. The molecule has 0 aliphatic rings. The second kappa shape index (κ2) is 7.82. The number of rotatable bonds is 6. The summed E-state index contributed by atoms with van der Waals surface area (Å²) in [7, 11) is 1.36. The molecule has 3 aromatic rings. The first-order valence-corrected chi connectivity index (χ1v) is 7.92. The zero-order valence-corrected chi connectivity index (χ0v) is 14.2. The largest absolute Gasteiger partial charge is 0.493 e. The molecule has 1 N–H and O–H groups in total. The van der Waals surface area contributed by atoms with Gasteiger partial charge in [-0.1, -0.05) is 30.3 Å². The fraction of sp³-hybridized carbons (Fsp3) is 0.100. The van der Waals surface area contributed by atoms with Gasteiger partial charge in [-0.2, -0.15) is 8.78 Å². The lowest BCUT2D eigenvalue weighted by atomic mass is 10.1. The van der Waals surface area contributed by atoms with Gasteiger partial charge < -0.3 is 14.6 Å². The fourth-order valence-electron chi connectivity index (χ4n) is 2.62. The molecule has 0 spiro atoms. The van der Waals surface area contributed by atoms with Crippen LogP contribution in [0.3, 0.4) is 0 Å². The number of nitrogens with zero attached hydrogens (tertiary/aromatic N) is 1. The van der Waals surface area contributed by atoms with Crippen molar-refractivity contribution < 1.29 is 28.2 Å². The van der Waals surface area contributed by atoms with Crippen molar-refractivity contribution in [2.24, 2.45) is 0 Å². The van der Waals surface area contributed by atoms with Gasteiger partial charge in [0.2, 0.25) is 0 Å². The van der Waals surface area contributed by atoms with Crippen molar-refractivity contribution in [3.63, 3.8) is 0 Å². The Morgan fingerprint density at radius 3 is 2.59 bits per heavy atom. The summed E-state index contributed by atoms with van der Waals surface area (Å²) in [6, 6.07) is 13.0. The standard InChI is InChI=1S/C20H15F2NO4/c1-26-17-9-7-12(10-18(17)27-20(21)22)6-8-13-11-15(19(24)25)14-4-2-3-5-16(14)23-13/h2-11,20H,1H3,(H,24,25). The molecular formula is C20H15F2NO4. The quantitative estimate of drug-likeness (QED) is 0.679. The van der Waals surface area contributed by atoms with Gasteiger partial charge in [0.05, 0.1) is 23.9 Å². The van der Waals surface area contributed by atoms with E-state index in [0.29, 0.717) is 22.2 Å². The second-order valence-corrected chi connectivity index (χ2v) is 5.54. The Hall–Kier alpha value is -3.48. The van der Waals surface area contributed by atoms with E-state index in [9.17, 15) is 18.7 Å². The van der Waals surface area contributed by atoms with Crippen LogP contribution >= 0.6 is 0 Å². The molecule has 1 heterocycles. The van der Waals surface area contributed by atoms with Gasteiger partial charge in [-0.25, -0.2) is 9.78 Å². The smallest absolute Gasteiger partial charge is 0.387 e. The van der Waals surface area contributed by atoms with Crippen molar-refractivity contribution in [2.45, 2.75) is 6.61 Å². The van der Waals surface area contributed by atoms with Crippen LogP contribution in [-0.4, -0.2) is 29.8 Å². The summed E-state index contributed by atoms with van der Waals surface area (Å²) in [6.07, 6.45) is 3.23. The maximum atomic E-state index is 12.5. The molecule has 138 valence electrons. The van der Waals surface area contributed by atoms with Gasteiger partial charge in [-0.3, -0.25) is 0 Å². The number of halogens is 2. The summed E-state index contributed by atoms with van der Waals surface area (Å²) in [5.74, 6) is -0.961. The predicted molar refractivity (Wildman–Crippen MR) is 97.3 cm³/mol. The highest BCUT2D eigenvalue weighted by atomic mass is 19.3. The van der Waals surface area contributed by atoms with Gasteiger partial charge in [-0.05, 0) is 35.9 Å². The average Bonchev–Trinajstić information content (AvgIpc) is 2.65.